The molecule has 0 saturated carbocycles. The molecule has 0 amide bonds. The summed E-state index contributed by atoms with van der Waals surface area (Å²) in [6.45, 7) is 8.14. The fraction of sp³-hybridized carbons (Fsp3) is 0.667. The number of hydrogen-bond donors (Lipinski definition) is 0. The summed E-state index contributed by atoms with van der Waals surface area (Å²) in [5, 5.41) is 0. The van der Waals surface area contributed by atoms with E-state index in [4.69, 9.17) is 4.74 Å². The molecule has 1 heterocycles. The third-order valence-electron chi connectivity index (χ3n) is 3.10. The summed E-state index contributed by atoms with van der Waals surface area (Å²) in [6.07, 6.45) is 10.5. The second kappa shape index (κ2) is 8.24. The maximum atomic E-state index is 5.66. The Morgan fingerprint density at radius 2 is 2.00 bits per heavy atom. The molecule has 0 aliphatic heterocycles. The summed E-state index contributed by atoms with van der Waals surface area (Å²) in [6, 6.07) is 2.19. The van der Waals surface area contributed by atoms with Crippen molar-refractivity contribution >= 4 is 0 Å². The van der Waals surface area contributed by atoms with E-state index in [-0.39, 0.29) is 0 Å². The standard InChI is InChI=1S/C15H26NO/c1-4-6-7-8-11-17-13-16-10-9-15(5-2)14(3)12-16/h9-10,12H,4-8,11,13H2,1-3H3/q+1. The molecule has 0 atom stereocenters. The summed E-state index contributed by atoms with van der Waals surface area (Å²) < 4.78 is 7.78. The Morgan fingerprint density at radius 1 is 1.18 bits per heavy atom. The van der Waals surface area contributed by atoms with Crippen LogP contribution in [0.15, 0.2) is 18.5 Å². The molecule has 2 nitrogen and oxygen atoms in total. The summed E-state index contributed by atoms with van der Waals surface area (Å²) in [5.41, 5.74) is 2.77. The van der Waals surface area contributed by atoms with E-state index in [1.165, 1.54) is 36.8 Å². The highest BCUT2D eigenvalue weighted by molar-refractivity contribution is 5.18. The van der Waals surface area contributed by atoms with Crippen LogP contribution in [-0.4, -0.2) is 6.61 Å². The Kier molecular flexibility index (Phi) is 6.87. The number of aromatic nitrogens is 1. The Hall–Kier alpha value is -0.890. The van der Waals surface area contributed by atoms with E-state index in [0.29, 0.717) is 6.73 Å². The molecule has 0 bridgehead atoms. The molecule has 2 heteroatoms. The zero-order chi connectivity index (χ0) is 12.5. The van der Waals surface area contributed by atoms with Crippen LogP contribution in [0.25, 0.3) is 0 Å². The Labute approximate surface area is 106 Å². The van der Waals surface area contributed by atoms with Crippen molar-refractivity contribution in [1.29, 1.82) is 0 Å². The molecule has 1 aromatic heterocycles. The zero-order valence-corrected chi connectivity index (χ0v) is 11.5. The van der Waals surface area contributed by atoms with Crippen molar-refractivity contribution < 1.29 is 9.30 Å². The van der Waals surface area contributed by atoms with Gasteiger partial charge in [0.2, 0.25) is 0 Å². The lowest BCUT2D eigenvalue weighted by atomic mass is 10.1. The van der Waals surface area contributed by atoms with Crippen molar-refractivity contribution in [2.75, 3.05) is 6.61 Å². The maximum absolute atomic E-state index is 5.66. The van der Waals surface area contributed by atoms with E-state index in [2.05, 4.69) is 43.8 Å². The molecular formula is C15H26NO+. The summed E-state index contributed by atoms with van der Waals surface area (Å²) in [4.78, 5) is 0. The number of hydrogen-bond acceptors (Lipinski definition) is 1. The van der Waals surface area contributed by atoms with Gasteiger partial charge in [-0.3, -0.25) is 0 Å². The zero-order valence-electron chi connectivity index (χ0n) is 11.5. The van der Waals surface area contributed by atoms with Gasteiger partial charge in [-0.05, 0) is 25.3 Å². The first-order valence-corrected chi connectivity index (χ1v) is 6.84. The molecule has 0 radical (unpaired) electrons. The third-order valence-corrected chi connectivity index (χ3v) is 3.10. The molecule has 1 aromatic rings. The van der Waals surface area contributed by atoms with Gasteiger partial charge in [-0.15, -0.1) is 0 Å². The highest BCUT2D eigenvalue weighted by Crippen LogP contribution is 2.04. The number of unbranched alkanes of at least 4 members (excludes halogenated alkanes) is 3. The molecule has 0 saturated heterocycles. The van der Waals surface area contributed by atoms with Crippen molar-refractivity contribution in [3.05, 3.63) is 29.6 Å². The lowest BCUT2D eigenvalue weighted by Gasteiger charge is -2.03. The van der Waals surface area contributed by atoms with Crippen LogP contribution >= 0.6 is 0 Å². The van der Waals surface area contributed by atoms with Crippen molar-refractivity contribution in [3.63, 3.8) is 0 Å². The summed E-state index contributed by atoms with van der Waals surface area (Å²) in [7, 11) is 0. The van der Waals surface area contributed by atoms with Crippen LogP contribution in [0.1, 0.15) is 50.7 Å². The highest BCUT2D eigenvalue weighted by atomic mass is 16.5. The SMILES string of the molecule is CCCCCCOC[n+]1ccc(CC)c(C)c1. The van der Waals surface area contributed by atoms with Gasteiger partial charge in [0, 0.05) is 11.6 Å². The number of pyridine rings is 1. The van der Waals surface area contributed by atoms with Gasteiger partial charge < -0.3 is 4.74 Å². The van der Waals surface area contributed by atoms with Crippen LogP contribution in [0, 0.1) is 6.92 Å². The molecule has 0 aliphatic carbocycles. The van der Waals surface area contributed by atoms with E-state index >= 15 is 0 Å². The molecule has 0 aromatic carbocycles. The van der Waals surface area contributed by atoms with Gasteiger partial charge >= 0.3 is 0 Å². The van der Waals surface area contributed by atoms with Gasteiger partial charge in [0.25, 0.3) is 6.73 Å². The monoisotopic (exact) mass is 236 g/mol. The van der Waals surface area contributed by atoms with Crippen molar-refractivity contribution in [1.82, 2.24) is 0 Å². The third kappa shape index (κ3) is 5.31. The van der Waals surface area contributed by atoms with Crippen molar-refractivity contribution in [2.45, 2.75) is 59.6 Å². The van der Waals surface area contributed by atoms with Crippen molar-refractivity contribution in [3.8, 4) is 0 Å². The Morgan fingerprint density at radius 3 is 2.65 bits per heavy atom. The molecule has 0 N–H and O–H groups in total. The number of ether oxygens (including phenoxy) is 1. The summed E-state index contributed by atoms with van der Waals surface area (Å²) >= 11 is 0. The predicted octanol–water partition coefficient (Wildman–Crippen LogP) is 3.40. The fourth-order valence-electron chi connectivity index (χ4n) is 1.97. The Bertz CT molecular complexity index is 323. The minimum atomic E-state index is 0.678. The van der Waals surface area contributed by atoms with Gasteiger partial charge in [-0.1, -0.05) is 33.1 Å². The van der Waals surface area contributed by atoms with Crippen molar-refractivity contribution in [2.24, 2.45) is 0 Å². The van der Waals surface area contributed by atoms with Gasteiger partial charge in [0.1, 0.15) is 0 Å². The molecule has 17 heavy (non-hydrogen) atoms. The number of nitrogens with zero attached hydrogens (tertiary/aromatic N) is 1. The smallest absolute Gasteiger partial charge is 0.252 e. The minimum Gasteiger partial charge on any atom is -0.323 e. The summed E-state index contributed by atoms with van der Waals surface area (Å²) in [5.74, 6) is 0. The molecule has 1 rings (SSSR count). The first-order chi connectivity index (χ1) is 8.27. The maximum Gasteiger partial charge on any atom is 0.252 e. The Balaban J connectivity index is 2.25. The molecule has 0 spiro atoms. The quantitative estimate of drug-likeness (QED) is 0.498. The normalized spacial score (nSPS) is 10.8. The van der Waals surface area contributed by atoms with Gasteiger partial charge in [-0.2, -0.15) is 4.57 Å². The second-order valence-electron chi connectivity index (χ2n) is 4.62. The van der Waals surface area contributed by atoms with Crippen LogP contribution in [0.3, 0.4) is 0 Å². The van der Waals surface area contributed by atoms with E-state index in [9.17, 15) is 0 Å². The van der Waals surface area contributed by atoms with E-state index < -0.39 is 0 Å². The van der Waals surface area contributed by atoms with E-state index in [1.54, 1.807) is 0 Å². The first kappa shape index (κ1) is 14.2. The highest BCUT2D eigenvalue weighted by Gasteiger charge is 2.04. The van der Waals surface area contributed by atoms with Crippen LogP contribution in [-0.2, 0) is 17.9 Å². The van der Waals surface area contributed by atoms with E-state index in [0.717, 1.165) is 13.0 Å². The van der Waals surface area contributed by atoms with Crippen LogP contribution in [0.4, 0.5) is 0 Å². The largest absolute Gasteiger partial charge is 0.323 e. The lowest BCUT2D eigenvalue weighted by molar-refractivity contribution is -0.733. The molecular weight excluding hydrogens is 210 g/mol. The number of rotatable bonds is 8. The van der Waals surface area contributed by atoms with Gasteiger partial charge in [0.15, 0.2) is 12.4 Å². The topological polar surface area (TPSA) is 13.1 Å². The van der Waals surface area contributed by atoms with Crippen LogP contribution in [0.2, 0.25) is 0 Å². The van der Waals surface area contributed by atoms with Gasteiger partial charge in [0.05, 0.1) is 6.61 Å². The average Bonchev–Trinajstić information content (AvgIpc) is 2.34. The molecule has 96 valence electrons. The van der Waals surface area contributed by atoms with Gasteiger partial charge in [-0.25, -0.2) is 0 Å². The minimum absolute atomic E-state index is 0.678. The predicted molar refractivity (Wildman–Crippen MR) is 70.8 cm³/mol. The molecule has 0 unspecified atom stereocenters. The lowest BCUT2D eigenvalue weighted by Crippen LogP contribution is -2.35. The van der Waals surface area contributed by atoms with Crippen LogP contribution < -0.4 is 4.57 Å². The fourth-order valence-corrected chi connectivity index (χ4v) is 1.97. The molecule has 0 aliphatic rings. The second-order valence-corrected chi connectivity index (χ2v) is 4.62. The average molecular weight is 236 g/mol. The first-order valence-electron chi connectivity index (χ1n) is 6.84. The number of aryl methyl sites for hydroxylation is 2. The van der Waals surface area contributed by atoms with Crippen LogP contribution in [0.5, 0.6) is 0 Å². The van der Waals surface area contributed by atoms with E-state index in [1.807, 2.05) is 0 Å². The molecule has 0 fully saturated rings.